The molecule has 3 unspecified atom stereocenters. The van der Waals surface area contributed by atoms with E-state index < -0.39 is 27.0 Å². The third-order valence-corrected chi connectivity index (χ3v) is 2.97. The molecular weight excluding hydrogens is 181 g/mol. The highest BCUT2D eigenvalue weighted by molar-refractivity contribution is 7.70. The van der Waals surface area contributed by atoms with E-state index in [1.165, 1.54) is 6.92 Å². The van der Waals surface area contributed by atoms with Crippen molar-refractivity contribution in [1.82, 2.24) is 0 Å². The molecule has 12 heavy (non-hydrogen) atoms. The van der Waals surface area contributed by atoms with E-state index in [0.717, 1.165) is 0 Å². The molecule has 0 saturated heterocycles. The van der Waals surface area contributed by atoms with Crippen molar-refractivity contribution in [3.63, 3.8) is 0 Å². The van der Waals surface area contributed by atoms with E-state index in [4.69, 9.17) is 20.7 Å². The Bertz CT molecular complexity index is 152. The predicted octanol–water partition coefficient (Wildman–Crippen LogP) is -0.913. The second kappa shape index (κ2) is 5.56. The molecular formula is C6H14NO4P. The fourth-order valence-corrected chi connectivity index (χ4v) is 1.71. The van der Waals surface area contributed by atoms with Crippen LogP contribution >= 0.6 is 8.15 Å². The van der Waals surface area contributed by atoms with E-state index in [2.05, 4.69) is 0 Å². The maximum absolute atomic E-state index is 9.20. The first-order valence-corrected chi connectivity index (χ1v) is 4.98. The lowest BCUT2D eigenvalue weighted by atomic mass is 10.4. The van der Waals surface area contributed by atoms with Gasteiger partial charge >= 0.3 is 0 Å². The smallest absolute Gasteiger partial charge is 0.0951 e. The first kappa shape index (κ1) is 11.9. The van der Waals surface area contributed by atoms with Crippen LogP contribution in [0.2, 0.25) is 0 Å². The SMILES string of the molecule is CC(O)C(=N)P(O)CC(O)CO. The average Bonchev–Trinajstić information content (AvgIpc) is 2.02. The summed E-state index contributed by atoms with van der Waals surface area (Å²) in [5.41, 5.74) is -0.183. The third-order valence-electron chi connectivity index (χ3n) is 1.27. The molecule has 0 aromatic carbocycles. The fourth-order valence-electron chi connectivity index (χ4n) is 0.571. The zero-order valence-electron chi connectivity index (χ0n) is 6.80. The summed E-state index contributed by atoms with van der Waals surface area (Å²) in [6.07, 6.45) is -2.07. The molecule has 0 aliphatic rings. The van der Waals surface area contributed by atoms with E-state index in [1.54, 1.807) is 0 Å². The fraction of sp³-hybridized carbons (Fsp3) is 0.833. The third kappa shape index (κ3) is 4.09. The van der Waals surface area contributed by atoms with Gasteiger partial charge in [-0.25, -0.2) is 0 Å². The summed E-state index contributed by atoms with van der Waals surface area (Å²) in [7, 11) is -1.80. The normalized spacial score (nSPS) is 18.4. The highest BCUT2D eigenvalue weighted by atomic mass is 31.1. The summed E-state index contributed by atoms with van der Waals surface area (Å²) >= 11 is 0. The Morgan fingerprint density at radius 2 is 2.00 bits per heavy atom. The standard InChI is InChI=1S/C6H14NO4P/c1-4(9)6(7)12(11)3-5(10)2-8/h4-5,7-11H,2-3H2,1H3. The number of nitrogens with one attached hydrogen (secondary N) is 1. The van der Waals surface area contributed by atoms with Crippen LogP contribution in [-0.2, 0) is 0 Å². The Labute approximate surface area is 72.0 Å². The minimum Gasteiger partial charge on any atom is -0.394 e. The minimum atomic E-state index is -1.80. The summed E-state index contributed by atoms with van der Waals surface area (Å²) < 4.78 is 0. The molecule has 0 amide bonds. The van der Waals surface area contributed by atoms with Crippen LogP contribution in [-0.4, -0.2) is 50.6 Å². The summed E-state index contributed by atoms with van der Waals surface area (Å²) in [5.74, 6) is 0. The van der Waals surface area contributed by atoms with Gasteiger partial charge in [0.15, 0.2) is 0 Å². The van der Waals surface area contributed by atoms with Crippen molar-refractivity contribution in [3.05, 3.63) is 0 Å². The van der Waals surface area contributed by atoms with Gasteiger partial charge in [-0.15, -0.1) is 0 Å². The van der Waals surface area contributed by atoms with Crippen molar-refractivity contribution in [3.8, 4) is 0 Å². The van der Waals surface area contributed by atoms with Crippen LogP contribution in [0.3, 0.4) is 0 Å². The van der Waals surface area contributed by atoms with Gasteiger partial charge < -0.3 is 20.2 Å². The Morgan fingerprint density at radius 1 is 1.50 bits per heavy atom. The molecule has 5 N–H and O–H groups in total. The number of rotatable bonds is 5. The predicted molar refractivity (Wildman–Crippen MR) is 46.5 cm³/mol. The van der Waals surface area contributed by atoms with Gasteiger partial charge in [0.25, 0.3) is 0 Å². The zero-order valence-corrected chi connectivity index (χ0v) is 7.70. The summed E-state index contributed by atoms with van der Waals surface area (Å²) in [5, 5.41) is 33.3. The molecule has 0 spiro atoms. The van der Waals surface area contributed by atoms with Gasteiger partial charge in [0.05, 0.1) is 32.4 Å². The van der Waals surface area contributed by atoms with E-state index in [9.17, 15) is 4.89 Å². The van der Waals surface area contributed by atoms with Crippen molar-refractivity contribution in [2.75, 3.05) is 12.8 Å². The molecule has 6 heteroatoms. The van der Waals surface area contributed by atoms with Gasteiger partial charge in [0.2, 0.25) is 0 Å². The molecule has 0 aromatic rings. The number of aliphatic hydroxyl groups is 3. The maximum Gasteiger partial charge on any atom is 0.0951 e. The molecule has 0 bridgehead atoms. The molecule has 0 aliphatic heterocycles. The van der Waals surface area contributed by atoms with Crippen LogP contribution in [0.1, 0.15) is 6.92 Å². The second-order valence-corrected chi connectivity index (χ2v) is 4.13. The quantitative estimate of drug-likeness (QED) is 0.289. The molecule has 0 rings (SSSR count). The molecule has 0 aromatic heterocycles. The van der Waals surface area contributed by atoms with E-state index in [1.807, 2.05) is 0 Å². The largest absolute Gasteiger partial charge is 0.394 e. The molecule has 0 fully saturated rings. The summed E-state index contributed by atoms with van der Waals surface area (Å²) in [4.78, 5) is 9.20. The van der Waals surface area contributed by atoms with E-state index in [0.29, 0.717) is 0 Å². The van der Waals surface area contributed by atoms with Crippen LogP contribution in [0.15, 0.2) is 0 Å². The van der Waals surface area contributed by atoms with Gasteiger partial charge in [-0.2, -0.15) is 0 Å². The van der Waals surface area contributed by atoms with Crippen molar-refractivity contribution < 1.29 is 20.2 Å². The van der Waals surface area contributed by atoms with Gasteiger partial charge in [-0.05, 0) is 6.92 Å². The number of hydrogen-bond acceptors (Lipinski definition) is 5. The van der Waals surface area contributed by atoms with Crippen LogP contribution in [0.5, 0.6) is 0 Å². The summed E-state index contributed by atoms with van der Waals surface area (Å²) in [6.45, 7) is 0.936. The topological polar surface area (TPSA) is 105 Å². The Kier molecular flexibility index (Phi) is 5.53. The molecule has 72 valence electrons. The van der Waals surface area contributed by atoms with Crippen LogP contribution in [0.4, 0.5) is 0 Å². The highest BCUT2D eigenvalue weighted by Crippen LogP contribution is 2.33. The average molecular weight is 195 g/mol. The van der Waals surface area contributed by atoms with Gasteiger partial charge in [-0.3, -0.25) is 5.41 Å². The monoisotopic (exact) mass is 195 g/mol. The molecule has 0 radical (unpaired) electrons. The molecule has 0 heterocycles. The molecule has 3 atom stereocenters. The second-order valence-electron chi connectivity index (χ2n) is 2.48. The number of aliphatic hydroxyl groups excluding tert-OH is 3. The molecule has 0 aliphatic carbocycles. The van der Waals surface area contributed by atoms with Crippen molar-refractivity contribution >= 4 is 13.6 Å². The molecule has 5 nitrogen and oxygen atoms in total. The first-order chi connectivity index (χ1) is 5.49. The Morgan fingerprint density at radius 3 is 2.33 bits per heavy atom. The lowest BCUT2D eigenvalue weighted by molar-refractivity contribution is 0.112. The lowest BCUT2D eigenvalue weighted by Crippen LogP contribution is -2.21. The van der Waals surface area contributed by atoms with E-state index in [-0.39, 0.29) is 11.6 Å². The Balaban J connectivity index is 3.86. The number of hydrogen-bond donors (Lipinski definition) is 5. The van der Waals surface area contributed by atoms with Crippen LogP contribution in [0.25, 0.3) is 0 Å². The van der Waals surface area contributed by atoms with Crippen molar-refractivity contribution in [1.29, 1.82) is 5.41 Å². The lowest BCUT2D eigenvalue weighted by Gasteiger charge is -2.15. The van der Waals surface area contributed by atoms with E-state index >= 15 is 0 Å². The van der Waals surface area contributed by atoms with Gasteiger partial charge in [0.1, 0.15) is 0 Å². The zero-order chi connectivity index (χ0) is 9.72. The first-order valence-electron chi connectivity index (χ1n) is 3.50. The van der Waals surface area contributed by atoms with Crippen molar-refractivity contribution in [2.45, 2.75) is 19.1 Å². The Hall–Kier alpha value is -0.0600. The highest BCUT2D eigenvalue weighted by Gasteiger charge is 2.19. The van der Waals surface area contributed by atoms with Crippen molar-refractivity contribution in [2.24, 2.45) is 0 Å². The summed E-state index contributed by atoms with van der Waals surface area (Å²) in [6, 6.07) is 0. The van der Waals surface area contributed by atoms with Gasteiger partial charge in [-0.1, -0.05) is 0 Å². The van der Waals surface area contributed by atoms with Crippen LogP contribution in [0, 0.1) is 5.41 Å². The van der Waals surface area contributed by atoms with Crippen LogP contribution < -0.4 is 0 Å². The maximum atomic E-state index is 9.20. The molecule has 0 saturated carbocycles. The minimum absolute atomic E-state index is 0.0600. The van der Waals surface area contributed by atoms with Gasteiger partial charge in [0, 0.05) is 6.16 Å².